The van der Waals surface area contributed by atoms with Crippen molar-refractivity contribution in [2.24, 2.45) is 5.92 Å². The number of carbonyl (C=O) groups excluding carboxylic acids is 1. The second-order valence-electron chi connectivity index (χ2n) is 4.92. The van der Waals surface area contributed by atoms with Crippen LogP contribution in [0.1, 0.15) is 34.0 Å². The van der Waals surface area contributed by atoms with Gasteiger partial charge in [-0.3, -0.25) is 9.78 Å². The summed E-state index contributed by atoms with van der Waals surface area (Å²) in [6.07, 6.45) is 1.53. The van der Waals surface area contributed by atoms with Crippen molar-refractivity contribution < 1.29 is 4.79 Å². The largest absolute Gasteiger partial charge is 0.292 e. The highest BCUT2D eigenvalue weighted by Crippen LogP contribution is 2.29. The van der Waals surface area contributed by atoms with E-state index in [0.717, 1.165) is 0 Å². The fourth-order valence-electron chi connectivity index (χ4n) is 2.27. The highest BCUT2D eigenvalue weighted by atomic mass is 16.1. The van der Waals surface area contributed by atoms with Crippen molar-refractivity contribution >= 4 is 5.78 Å². The van der Waals surface area contributed by atoms with E-state index in [-0.39, 0.29) is 12.2 Å². The molecule has 110 valence electrons. The molecule has 0 spiro atoms. The average Bonchev–Trinajstić information content (AvgIpc) is 2.62. The maximum Gasteiger partial charge on any atom is 0.181 e. The lowest BCUT2D eigenvalue weighted by Gasteiger charge is -2.17. The summed E-state index contributed by atoms with van der Waals surface area (Å²) in [5.41, 5.74) is 1.47. The maximum absolute atomic E-state index is 12.4. The van der Waals surface area contributed by atoms with E-state index in [1.165, 1.54) is 6.20 Å². The standard InChI is InChI=1S/C18H12N4O/c19-10-13-4-6-14(7-5-13)16(15(11-20)12-21)9-18(23)17-3-1-2-8-22-17/h1-8,15-16H,9H2/t16-/m1/s1. The predicted molar refractivity (Wildman–Crippen MR) is 81.8 cm³/mol. The van der Waals surface area contributed by atoms with Crippen molar-refractivity contribution in [2.45, 2.75) is 12.3 Å². The van der Waals surface area contributed by atoms with Crippen LogP contribution in [-0.2, 0) is 0 Å². The quantitative estimate of drug-likeness (QED) is 0.790. The second kappa shape index (κ2) is 7.50. The Labute approximate surface area is 134 Å². The number of pyridine rings is 1. The molecule has 0 unspecified atom stereocenters. The van der Waals surface area contributed by atoms with Gasteiger partial charge >= 0.3 is 0 Å². The van der Waals surface area contributed by atoms with Gasteiger partial charge in [-0.15, -0.1) is 0 Å². The SMILES string of the molecule is N#Cc1ccc([C@@H](CC(=O)c2ccccn2)C(C#N)C#N)cc1. The number of hydrogen-bond donors (Lipinski definition) is 0. The lowest BCUT2D eigenvalue weighted by molar-refractivity contribution is 0.0966. The topological polar surface area (TPSA) is 101 Å². The number of nitrogens with zero attached hydrogens (tertiary/aromatic N) is 4. The molecule has 0 saturated carbocycles. The number of carbonyl (C=O) groups is 1. The zero-order valence-corrected chi connectivity index (χ0v) is 12.2. The van der Waals surface area contributed by atoms with Gasteiger partial charge in [-0.25, -0.2) is 0 Å². The van der Waals surface area contributed by atoms with Gasteiger partial charge in [0.2, 0.25) is 0 Å². The number of rotatable bonds is 5. The summed E-state index contributed by atoms with van der Waals surface area (Å²) >= 11 is 0. The first-order valence-electron chi connectivity index (χ1n) is 6.93. The van der Waals surface area contributed by atoms with Gasteiger partial charge in [0.25, 0.3) is 0 Å². The minimum absolute atomic E-state index is 0.00863. The molecular weight excluding hydrogens is 288 g/mol. The summed E-state index contributed by atoms with van der Waals surface area (Å²) in [7, 11) is 0. The molecule has 0 aliphatic carbocycles. The first-order valence-corrected chi connectivity index (χ1v) is 6.93. The predicted octanol–water partition coefficient (Wildman–Crippen LogP) is 2.97. The van der Waals surface area contributed by atoms with Gasteiger partial charge in [-0.2, -0.15) is 15.8 Å². The fourth-order valence-corrected chi connectivity index (χ4v) is 2.27. The molecule has 5 heteroatoms. The van der Waals surface area contributed by atoms with Crippen LogP contribution in [0.2, 0.25) is 0 Å². The van der Waals surface area contributed by atoms with E-state index in [0.29, 0.717) is 16.8 Å². The summed E-state index contributed by atoms with van der Waals surface area (Å²) in [6.45, 7) is 0. The van der Waals surface area contributed by atoms with Crippen molar-refractivity contribution in [1.29, 1.82) is 15.8 Å². The Morgan fingerprint density at radius 3 is 2.26 bits per heavy atom. The molecule has 0 aliphatic rings. The second-order valence-corrected chi connectivity index (χ2v) is 4.92. The molecule has 23 heavy (non-hydrogen) atoms. The van der Waals surface area contributed by atoms with Crippen LogP contribution in [0, 0.1) is 39.9 Å². The van der Waals surface area contributed by atoms with Crippen LogP contribution >= 0.6 is 0 Å². The van der Waals surface area contributed by atoms with Crippen molar-refractivity contribution in [3.63, 3.8) is 0 Å². The summed E-state index contributed by atoms with van der Waals surface area (Å²) in [6, 6.07) is 17.5. The first-order chi connectivity index (χ1) is 11.2. The molecule has 0 fully saturated rings. The van der Waals surface area contributed by atoms with Gasteiger partial charge in [-0.1, -0.05) is 18.2 Å². The number of aromatic nitrogens is 1. The van der Waals surface area contributed by atoms with Crippen LogP contribution in [0.3, 0.4) is 0 Å². The third-order valence-electron chi connectivity index (χ3n) is 3.50. The minimum atomic E-state index is -0.949. The molecule has 0 radical (unpaired) electrons. The molecular formula is C18H12N4O. The molecule has 0 aliphatic heterocycles. The van der Waals surface area contributed by atoms with E-state index >= 15 is 0 Å². The van der Waals surface area contributed by atoms with Crippen LogP contribution in [0.5, 0.6) is 0 Å². The minimum Gasteiger partial charge on any atom is -0.292 e. The van der Waals surface area contributed by atoms with E-state index in [1.807, 2.05) is 18.2 Å². The molecule has 0 N–H and O–H groups in total. The Bertz CT molecular complexity index is 793. The van der Waals surface area contributed by atoms with Crippen molar-refractivity contribution in [2.75, 3.05) is 0 Å². The number of hydrogen-bond acceptors (Lipinski definition) is 5. The van der Waals surface area contributed by atoms with Gasteiger partial charge in [0.1, 0.15) is 11.6 Å². The normalized spacial score (nSPS) is 11.0. The molecule has 2 aromatic rings. The number of benzene rings is 1. The maximum atomic E-state index is 12.4. The molecule has 1 aromatic carbocycles. The van der Waals surface area contributed by atoms with Gasteiger partial charge in [0.15, 0.2) is 5.78 Å². The van der Waals surface area contributed by atoms with Crippen molar-refractivity contribution in [1.82, 2.24) is 4.98 Å². The van der Waals surface area contributed by atoms with Gasteiger partial charge < -0.3 is 0 Å². The Morgan fingerprint density at radius 2 is 1.74 bits per heavy atom. The summed E-state index contributed by atoms with van der Waals surface area (Å²) in [5, 5.41) is 27.2. The fraction of sp³-hybridized carbons (Fsp3) is 0.167. The third kappa shape index (κ3) is 3.79. The molecule has 0 saturated heterocycles. The van der Waals surface area contributed by atoms with Gasteiger partial charge in [0, 0.05) is 18.5 Å². The first kappa shape index (κ1) is 15.9. The Kier molecular flexibility index (Phi) is 5.18. The molecule has 1 atom stereocenters. The molecule has 1 heterocycles. The summed E-state index contributed by atoms with van der Waals surface area (Å²) < 4.78 is 0. The lowest BCUT2D eigenvalue weighted by atomic mass is 9.83. The van der Waals surface area contributed by atoms with E-state index in [4.69, 9.17) is 5.26 Å². The van der Waals surface area contributed by atoms with Crippen LogP contribution in [0.4, 0.5) is 0 Å². The smallest absolute Gasteiger partial charge is 0.181 e. The van der Waals surface area contributed by atoms with Crippen LogP contribution in [-0.4, -0.2) is 10.8 Å². The number of Topliss-reactive ketones (excluding diaryl/α,β-unsaturated/α-hetero) is 1. The van der Waals surface area contributed by atoms with E-state index in [1.54, 1.807) is 42.5 Å². The van der Waals surface area contributed by atoms with Crippen molar-refractivity contribution in [3.05, 3.63) is 65.5 Å². The number of ketones is 1. The Morgan fingerprint density at radius 1 is 1.04 bits per heavy atom. The molecule has 0 bridgehead atoms. The third-order valence-corrected chi connectivity index (χ3v) is 3.50. The highest BCUT2D eigenvalue weighted by Gasteiger charge is 2.26. The zero-order chi connectivity index (χ0) is 16.7. The lowest BCUT2D eigenvalue weighted by Crippen LogP contribution is -2.15. The molecule has 1 aromatic heterocycles. The van der Waals surface area contributed by atoms with Gasteiger partial charge in [-0.05, 0) is 29.8 Å². The summed E-state index contributed by atoms with van der Waals surface area (Å²) in [5.74, 6) is -1.74. The molecule has 0 amide bonds. The number of nitriles is 3. The Hall–Kier alpha value is -3.49. The highest BCUT2D eigenvalue weighted by molar-refractivity contribution is 5.94. The van der Waals surface area contributed by atoms with E-state index < -0.39 is 11.8 Å². The van der Waals surface area contributed by atoms with Crippen LogP contribution < -0.4 is 0 Å². The van der Waals surface area contributed by atoms with Gasteiger partial charge in [0.05, 0.1) is 23.8 Å². The molecule has 5 nitrogen and oxygen atoms in total. The Balaban J connectivity index is 2.31. The van der Waals surface area contributed by atoms with Crippen LogP contribution in [0.15, 0.2) is 48.7 Å². The average molecular weight is 300 g/mol. The van der Waals surface area contributed by atoms with E-state index in [9.17, 15) is 15.3 Å². The zero-order valence-electron chi connectivity index (χ0n) is 12.2. The van der Waals surface area contributed by atoms with E-state index in [2.05, 4.69) is 4.98 Å². The summed E-state index contributed by atoms with van der Waals surface area (Å²) in [4.78, 5) is 16.4. The monoisotopic (exact) mass is 300 g/mol. The van der Waals surface area contributed by atoms with Crippen LogP contribution in [0.25, 0.3) is 0 Å². The molecule has 2 rings (SSSR count). The van der Waals surface area contributed by atoms with Crippen molar-refractivity contribution in [3.8, 4) is 18.2 Å².